The van der Waals surface area contributed by atoms with Gasteiger partial charge in [0.25, 0.3) is 0 Å². The van der Waals surface area contributed by atoms with Crippen LogP contribution >= 0.6 is 23.2 Å². The van der Waals surface area contributed by atoms with Gasteiger partial charge in [0.05, 0.1) is 11.7 Å². The minimum absolute atomic E-state index is 0.0174. The molecule has 0 aliphatic rings. The summed E-state index contributed by atoms with van der Waals surface area (Å²) in [5.74, 6) is 0.437. The van der Waals surface area contributed by atoms with Crippen molar-refractivity contribution < 1.29 is 4.79 Å². The Morgan fingerprint density at radius 3 is 2.75 bits per heavy atom. The van der Waals surface area contributed by atoms with E-state index in [0.29, 0.717) is 16.4 Å². The van der Waals surface area contributed by atoms with E-state index in [0.717, 1.165) is 10.9 Å². The summed E-state index contributed by atoms with van der Waals surface area (Å²) in [5.41, 5.74) is 1.46. The highest BCUT2D eigenvalue weighted by Crippen LogP contribution is 2.28. The van der Waals surface area contributed by atoms with Crippen LogP contribution in [0.3, 0.4) is 0 Å². The van der Waals surface area contributed by atoms with E-state index in [-0.39, 0.29) is 11.1 Å². The van der Waals surface area contributed by atoms with Gasteiger partial charge in [-0.3, -0.25) is 9.36 Å². The van der Waals surface area contributed by atoms with E-state index in [1.807, 2.05) is 24.3 Å². The van der Waals surface area contributed by atoms with Gasteiger partial charge in [-0.25, -0.2) is 4.98 Å². The predicted molar refractivity (Wildman–Crippen MR) is 78.9 cm³/mol. The highest BCUT2D eigenvalue weighted by atomic mass is 35.5. The molecule has 0 amide bonds. The minimum Gasteiger partial charge on any atom is -0.299 e. The van der Waals surface area contributed by atoms with Gasteiger partial charge in [0.15, 0.2) is 11.6 Å². The van der Waals surface area contributed by atoms with E-state index in [4.69, 9.17) is 23.2 Å². The summed E-state index contributed by atoms with van der Waals surface area (Å²) >= 11 is 12.0. The fourth-order valence-corrected chi connectivity index (χ4v) is 2.45. The molecule has 0 aliphatic heterocycles. The Labute approximate surface area is 125 Å². The van der Waals surface area contributed by atoms with Gasteiger partial charge in [-0.1, -0.05) is 29.8 Å². The standard InChI is InChI=1S/C14H9Cl2N3O/c1-8(20)10-7-19(12-5-3-2-4-9(10)12)13-11(15)6-17-14(16)18-13/h2-7H,1H3. The van der Waals surface area contributed by atoms with Crippen LogP contribution in [0.25, 0.3) is 16.7 Å². The molecule has 3 aromatic rings. The Morgan fingerprint density at radius 2 is 2.00 bits per heavy atom. The fourth-order valence-electron chi connectivity index (χ4n) is 2.14. The summed E-state index contributed by atoms with van der Waals surface area (Å²) in [5, 5.41) is 1.32. The Morgan fingerprint density at radius 1 is 1.25 bits per heavy atom. The zero-order chi connectivity index (χ0) is 14.3. The number of fused-ring (bicyclic) bond motifs is 1. The van der Waals surface area contributed by atoms with Crippen molar-refractivity contribution in [3.63, 3.8) is 0 Å². The summed E-state index contributed by atoms with van der Waals surface area (Å²) in [7, 11) is 0. The number of para-hydroxylation sites is 1. The number of carbonyl (C=O) groups excluding carboxylic acids is 1. The number of benzene rings is 1. The van der Waals surface area contributed by atoms with Crippen LogP contribution in [-0.2, 0) is 0 Å². The number of rotatable bonds is 2. The van der Waals surface area contributed by atoms with Crippen LogP contribution in [0.4, 0.5) is 0 Å². The van der Waals surface area contributed by atoms with Crippen molar-refractivity contribution in [2.24, 2.45) is 0 Å². The van der Waals surface area contributed by atoms with Crippen molar-refractivity contribution in [2.45, 2.75) is 6.92 Å². The Kier molecular flexibility index (Phi) is 3.20. The first-order valence-corrected chi connectivity index (χ1v) is 6.63. The molecule has 0 radical (unpaired) electrons. The van der Waals surface area contributed by atoms with Crippen LogP contribution in [-0.4, -0.2) is 20.3 Å². The summed E-state index contributed by atoms with van der Waals surface area (Å²) < 4.78 is 1.75. The molecule has 3 rings (SSSR count). The summed E-state index contributed by atoms with van der Waals surface area (Å²) in [6.45, 7) is 1.53. The van der Waals surface area contributed by atoms with Crippen molar-refractivity contribution in [3.8, 4) is 5.82 Å². The lowest BCUT2D eigenvalue weighted by molar-refractivity contribution is 0.101. The summed E-state index contributed by atoms with van der Waals surface area (Å²) in [4.78, 5) is 19.7. The molecule has 0 N–H and O–H groups in total. The zero-order valence-corrected chi connectivity index (χ0v) is 12.0. The normalized spacial score (nSPS) is 10.9. The largest absolute Gasteiger partial charge is 0.299 e. The first-order chi connectivity index (χ1) is 9.58. The molecule has 1 aromatic carbocycles. The van der Waals surface area contributed by atoms with Crippen LogP contribution in [0.15, 0.2) is 36.7 Å². The van der Waals surface area contributed by atoms with Crippen LogP contribution in [0, 0.1) is 0 Å². The van der Waals surface area contributed by atoms with Crippen LogP contribution in [0.5, 0.6) is 0 Å². The van der Waals surface area contributed by atoms with Crippen molar-refractivity contribution in [1.29, 1.82) is 0 Å². The van der Waals surface area contributed by atoms with Gasteiger partial charge in [0, 0.05) is 17.1 Å². The molecule has 0 saturated carbocycles. The first kappa shape index (κ1) is 13.1. The second kappa shape index (κ2) is 4.89. The second-order valence-electron chi connectivity index (χ2n) is 4.30. The molecule has 2 aromatic heterocycles. The van der Waals surface area contributed by atoms with E-state index >= 15 is 0 Å². The van der Waals surface area contributed by atoms with E-state index in [9.17, 15) is 4.79 Å². The molecule has 6 heteroatoms. The number of hydrogen-bond donors (Lipinski definition) is 0. The number of carbonyl (C=O) groups is 1. The van der Waals surface area contributed by atoms with E-state index in [1.165, 1.54) is 13.1 Å². The molecule has 0 saturated heterocycles. The molecular weight excluding hydrogens is 297 g/mol. The monoisotopic (exact) mass is 305 g/mol. The summed E-state index contributed by atoms with van der Waals surface area (Å²) in [6.07, 6.45) is 3.16. The average molecular weight is 306 g/mol. The van der Waals surface area contributed by atoms with E-state index in [2.05, 4.69) is 9.97 Å². The van der Waals surface area contributed by atoms with Gasteiger partial charge >= 0.3 is 0 Å². The van der Waals surface area contributed by atoms with E-state index in [1.54, 1.807) is 10.8 Å². The van der Waals surface area contributed by atoms with Gasteiger partial charge in [-0.05, 0) is 24.6 Å². The molecular formula is C14H9Cl2N3O. The third-order valence-electron chi connectivity index (χ3n) is 3.02. The van der Waals surface area contributed by atoms with Crippen molar-refractivity contribution in [1.82, 2.24) is 14.5 Å². The molecule has 20 heavy (non-hydrogen) atoms. The van der Waals surface area contributed by atoms with Gasteiger partial charge in [-0.15, -0.1) is 0 Å². The minimum atomic E-state index is -0.0174. The molecule has 4 nitrogen and oxygen atoms in total. The fraction of sp³-hybridized carbons (Fsp3) is 0.0714. The maximum absolute atomic E-state index is 11.8. The molecule has 0 fully saturated rings. The van der Waals surface area contributed by atoms with Gasteiger partial charge in [0.2, 0.25) is 5.28 Å². The summed E-state index contributed by atoms with van der Waals surface area (Å²) in [6, 6.07) is 7.56. The quantitative estimate of drug-likeness (QED) is 0.532. The lowest BCUT2D eigenvalue weighted by Crippen LogP contribution is -1.99. The zero-order valence-electron chi connectivity index (χ0n) is 10.5. The third-order valence-corrected chi connectivity index (χ3v) is 3.46. The predicted octanol–water partition coefficient (Wildman–Crippen LogP) is 3.93. The first-order valence-electron chi connectivity index (χ1n) is 5.87. The second-order valence-corrected chi connectivity index (χ2v) is 5.04. The topological polar surface area (TPSA) is 47.8 Å². The Hall–Kier alpha value is -1.91. The van der Waals surface area contributed by atoms with Gasteiger partial charge in [0.1, 0.15) is 5.02 Å². The number of hydrogen-bond acceptors (Lipinski definition) is 3. The SMILES string of the molecule is CC(=O)c1cn(-c2nc(Cl)ncc2Cl)c2ccccc12. The van der Waals surface area contributed by atoms with Gasteiger partial charge in [-0.2, -0.15) is 4.98 Å². The molecule has 0 atom stereocenters. The molecule has 2 heterocycles. The number of ketones is 1. The number of Topliss-reactive ketones (excluding diaryl/α,β-unsaturated/α-hetero) is 1. The van der Waals surface area contributed by atoms with E-state index < -0.39 is 0 Å². The highest BCUT2D eigenvalue weighted by Gasteiger charge is 2.15. The smallest absolute Gasteiger partial charge is 0.224 e. The highest BCUT2D eigenvalue weighted by molar-refractivity contribution is 6.33. The van der Waals surface area contributed by atoms with Gasteiger partial charge < -0.3 is 0 Å². The van der Waals surface area contributed by atoms with Crippen molar-refractivity contribution in [3.05, 3.63) is 52.5 Å². The Balaban J connectivity index is 2.37. The average Bonchev–Trinajstić information content (AvgIpc) is 2.81. The van der Waals surface area contributed by atoms with Crippen LogP contribution in [0.1, 0.15) is 17.3 Å². The number of aromatic nitrogens is 3. The molecule has 0 aliphatic carbocycles. The third kappa shape index (κ3) is 2.07. The molecule has 100 valence electrons. The molecule has 0 spiro atoms. The van der Waals surface area contributed by atoms with Crippen LogP contribution < -0.4 is 0 Å². The maximum Gasteiger partial charge on any atom is 0.224 e. The van der Waals surface area contributed by atoms with Crippen molar-refractivity contribution in [2.75, 3.05) is 0 Å². The number of halogens is 2. The lowest BCUT2D eigenvalue weighted by Gasteiger charge is -2.06. The molecule has 0 unspecified atom stereocenters. The van der Waals surface area contributed by atoms with Crippen molar-refractivity contribution >= 4 is 39.9 Å². The lowest BCUT2D eigenvalue weighted by atomic mass is 10.1. The Bertz CT molecular complexity index is 826. The van der Waals surface area contributed by atoms with Crippen LogP contribution in [0.2, 0.25) is 10.3 Å². The number of nitrogens with zero attached hydrogens (tertiary/aromatic N) is 3. The maximum atomic E-state index is 11.8. The molecule has 0 bridgehead atoms.